The number of carbonyl (C=O) groups is 2. The Morgan fingerprint density at radius 3 is 2.54 bits per heavy atom. The zero-order valence-electron chi connectivity index (χ0n) is 15.5. The van der Waals surface area contributed by atoms with Gasteiger partial charge in [-0.3, -0.25) is 9.59 Å². The van der Waals surface area contributed by atoms with Crippen molar-refractivity contribution in [3.63, 3.8) is 0 Å². The highest BCUT2D eigenvalue weighted by atomic mass is 16.5. The lowest BCUT2D eigenvalue weighted by atomic mass is 10.0. The molecule has 0 aliphatic heterocycles. The summed E-state index contributed by atoms with van der Waals surface area (Å²) in [5.41, 5.74) is 2.89. The molecule has 2 amide bonds. The largest absolute Gasteiger partial charge is 0.497 e. The van der Waals surface area contributed by atoms with Crippen LogP contribution in [-0.4, -0.2) is 25.5 Å². The molecule has 0 atom stereocenters. The second kappa shape index (κ2) is 9.61. The molecule has 138 valence electrons. The molecular weight excluding hydrogens is 328 g/mol. The van der Waals surface area contributed by atoms with Gasteiger partial charge in [-0.2, -0.15) is 0 Å². The lowest BCUT2D eigenvalue weighted by Gasteiger charge is -2.13. The summed E-state index contributed by atoms with van der Waals surface area (Å²) in [4.78, 5) is 24.1. The minimum absolute atomic E-state index is 0.190. The monoisotopic (exact) mass is 354 g/mol. The van der Waals surface area contributed by atoms with Crippen molar-refractivity contribution in [2.45, 2.75) is 32.6 Å². The van der Waals surface area contributed by atoms with Crippen molar-refractivity contribution in [2.75, 3.05) is 19.0 Å². The number of nitrogens with one attached hydrogen (secondary N) is 2. The van der Waals surface area contributed by atoms with Crippen LogP contribution in [0.25, 0.3) is 0 Å². The van der Waals surface area contributed by atoms with Crippen LogP contribution in [0.5, 0.6) is 5.75 Å². The average Bonchev–Trinajstić information content (AvgIpc) is 2.62. The zero-order chi connectivity index (χ0) is 18.9. The van der Waals surface area contributed by atoms with Crippen LogP contribution in [0.2, 0.25) is 0 Å². The van der Waals surface area contributed by atoms with E-state index in [2.05, 4.69) is 24.5 Å². The van der Waals surface area contributed by atoms with Gasteiger partial charge in [0.1, 0.15) is 12.2 Å². The van der Waals surface area contributed by atoms with Crippen LogP contribution in [0, 0.1) is 0 Å². The lowest BCUT2D eigenvalue weighted by Crippen LogP contribution is -2.29. The minimum Gasteiger partial charge on any atom is -0.497 e. The van der Waals surface area contributed by atoms with E-state index in [9.17, 15) is 9.59 Å². The van der Waals surface area contributed by atoms with E-state index in [0.717, 1.165) is 22.6 Å². The van der Waals surface area contributed by atoms with E-state index >= 15 is 0 Å². The average molecular weight is 354 g/mol. The van der Waals surface area contributed by atoms with E-state index in [-0.39, 0.29) is 18.2 Å². The van der Waals surface area contributed by atoms with Crippen LogP contribution < -0.4 is 15.4 Å². The molecule has 2 rings (SSSR count). The SMILES string of the molecule is COc1cccc(CCNC(=O)CC(=O)Nc2ccccc2C(C)C)c1. The zero-order valence-corrected chi connectivity index (χ0v) is 15.5. The van der Waals surface area contributed by atoms with Crippen molar-refractivity contribution in [3.8, 4) is 5.75 Å². The van der Waals surface area contributed by atoms with E-state index in [1.807, 2.05) is 48.5 Å². The molecule has 0 aromatic heterocycles. The number of rotatable bonds is 8. The normalized spacial score (nSPS) is 10.5. The Kier molecular flexibility index (Phi) is 7.21. The molecule has 5 nitrogen and oxygen atoms in total. The Hall–Kier alpha value is -2.82. The smallest absolute Gasteiger partial charge is 0.233 e. The Morgan fingerprint density at radius 2 is 1.81 bits per heavy atom. The summed E-state index contributed by atoms with van der Waals surface area (Å²) in [5, 5.41) is 5.61. The molecule has 2 aromatic carbocycles. The molecular formula is C21H26N2O3. The fourth-order valence-corrected chi connectivity index (χ4v) is 2.69. The maximum atomic E-state index is 12.1. The predicted molar refractivity (Wildman–Crippen MR) is 103 cm³/mol. The third kappa shape index (κ3) is 5.92. The van der Waals surface area contributed by atoms with Crippen LogP contribution >= 0.6 is 0 Å². The molecule has 0 radical (unpaired) electrons. The van der Waals surface area contributed by atoms with Crippen LogP contribution in [-0.2, 0) is 16.0 Å². The lowest BCUT2D eigenvalue weighted by molar-refractivity contribution is -0.126. The molecule has 0 aliphatic rings. The Labute approximate surface area is 154 Å². The quantitative estimate of drug-likeness (QED) is 0.713. The fraction of sp³-hybridized carbons (Fsp3) is 0.333. The maximum absolute atomic E-state index is 12.1. The van der Waals surface area contributed by atoms with Crippen molar-refractivity contribution in [2.24, 2.45) is 0 Å². The van der Waals surface area contributed by atoms with Gasteiger partial charge in [0.05, 0.1) is 7.11 Å². The number of ether oxygens (including phenoxy) is 1. The van der Waals surface area contributed by atoms with Gasteiger partial charge in [0.15, 0.2) is 0 Å². The van der Waals surface area contributed by atoms with Crippen molar-refractivity contribution in [1.29, 1.82) is 0 Å². The molecule has 0 aliphatic carbocycles. The third-order valence-corrected chi connectivity index (χ3v) is 4.05. The van der Waals surface area contributed by atoms with E-state index in [4.69, 9.17) is 4.74 Å². The van der Waals surface area contributed by atoms with Crippen molar-refractivity contribution in [3.05, 3.63) is 59.7 Å². The summed E-state index contributed by atoms with van der Waals surface area (Å²) in [6.45, 7) is 4.61. The molecule has 2 N–H and O–H groups in total. The summed E-state index contributed by atoms with van der Waals surface area (Å²) in [7, 11) is 1.62. The van der Waals surface area contributed by atoms with E-state index in [1.54, 1.807) is 7.11 Å². The van der Waals surface area contributed by atoms with E-state index in [0.29, 0.717) is 18.9 Å². The number of anilines is 1. The first-order valence-electron chi connectivity index (χ1n) is 8.78. The summed E-state index contributed by atoms with van der Waals surface area (Å²) < 4.78 is 5.18. The van der Waals surface area contributed by atoms with Crippen molar-refractivity contribution < 1.29 is 14.3 Å². The number of hydrogen-bond donors (Lipinski definition) is 2. The van der Waals surface area contributed by atoms with Crippen LogP contribution in [0.15, 0.2) is 48.5 Å². The van der Waals surface area contributed by atoms with Gasteiger partial charge in [0.25, 0.3) is 0 Å². The third-order valence-electron chi connectivity index (χ3n) is 4.05. The summed E-state index contributed by atoms with van der Waals surface area (Å²) in [6, 6.07) is 15.3. The van der Waals surface area contributed by atoms with Gasteiger partial charge in [-0.25, -0.2) is 0 Å². The number of carbonyl (C=O) groups excluding carboxylic acids is 2. The van der Waals surface area contributed by atoms with Crippen LogP contribution in [0.1, 0.15) is 37.3 Å². The summed E-state index contributed by atoms with van der Waals surface area (Å²) in [6.07, 6.45) is 0.491. The van der Waals surface area contributed by atoms with Gasteiger partial charge in [-0.05, 0) is 41.7 Å². The number of methoxy groups -OCH3 is 1. The van der Waals surface area contributed by atoms with Crippen LogP contribution in [0.4, 0.5) is 5.69 Å². The molecule has 0 fully saturated rings. The number of benzene rings is 2. The maximum Gasteiger partial charge on any atom is 0.233 e. The molecule has 5 heteroatoms. The minimum atomic E-state index is -0.308. The van der Waals surface area contributed by atoms with Gasteiger partial charge in [0.2, 0.25) is 11.8 Å². The number of amides is 2. The fourth-order valence-electron chi connectivity index (χ4n) is 2.69. The first-order valence-corrected chi connectivity index (χ1v) is 8.78. The molecule has 0 heterocycles. The van der Waals surface area contributed by atoms with Gasteiger partial charge in [0, 0.05) is 12.2 Å². The Bertz CT molecular complexity index is 756. The van der Waals surface area contributed by atoms with E-state index < -0.39 is 0 Å². The molecule has 0 unspecified atom stereocenters. The van der Waals surface area contributed by atoms with Crippen molar-refractivity contribution in [1.82, 2.24) is 5.32 Å². The van der Waals surface area contributed by atoms with Gasteiger partial charge >= 0.3 is 0 Å². The summed E-state index contributed by atoms with van der Waals surface area (Å²) >= 11 is 0. The molecule has 2 aromatic rings. The predicted octanol–water partition coefficient (Wildman–Crippen LogP) is 3.51. The second-order valence-electron chi connectivity index (χ2n) is 6.42. The highest BCUT2D eigenvalue weighted by Crippen LogP contribution is 2.23. The molecule has 0 bridgehead atoms. The first-order chi connectivity index (χ1) is 12.5. The molecule has 26 heavy (non-hydrogen) atoms. The second-order valence-corrected chi connectivity index (χ2v) is 6.42. The number of para-hydroxylation sites is 1. The molecule has 0 saturated carbocycles. The summed E-state index contributed by atoms with van der Waals surface area (Å²) in [5.74, 6) is 0.490. The standard InChI is InChI=1S/C21H26N2O3/c1-15(2)18-9-4-5-10-19(18)23-21(25)14-20(24)22-12-11-16-7-6-8-17(13-16)26-3/h4-10,13,15H,11-12,14H2,1-3H3,(H,22,24)(H,23,25). The first kappa shape index (κ1) is 19.5. The molecule has 0 saturated heterocycles. The van der Waals surface area contributed by atoms with E-state index in [1.165, 1.54) is 0 Å². The Morgan fingerprint density at radius 1 is 1.04 bits per heavy atom. The molecule has 0 spiro atoms. The highest BCUT2D eigenvalue weighted by molar-refractivity contribution is 6.03. The van der Waals surface area contributed by atoms with Crippen LogP contribution in [0.3, 0.4) is 0 Å². The van der Waals surface area contributed by atoms with Crippen molar-refractivity contribution >= 4 is 17.5 Å². The van der Waals surface area contributed by atoms with Gasteiger partial charge in [-0.1, -0.05) is 44.2 Å². The topological polar surface area (TPSA) is 67.4 Å². The van der Waals surface area contributed by atoms with Gasteiger partial charge in [-0.15, -0.1) is 0 Å². The highest BCUT2D eigenvalue weighted by Gasteiger charge is 2.12. The number of hydrogen-bond acceptors (Lipinski definition) is 3. The Balaban J connectivity index is 1.79. The van der Waals surface area contributed by atoms with Gasteiger partial charge < -0.3 is 15.4 Å².